The molecule has 0 N–H and O–H groups in total. The minimum atomic E-state index is -1.16. The molecule has 5 rings (SSSR count). The average Bonchev–Trinajstić information content (AvgIpc) is 3.24. The Morgan fingerprint density at radius 3 is 2.45 bits per heavy atom. The Kier molecular flexibility index (Phi) is 7.81. The Bertz CT molecular complexity index is 1730. The van der Waals surface area contributed by atoms with Crippen LogP contribution >= 0.6 is 0 Å². The number of aromatic nitrogens is 2. The van der Waals surface area contributed by atoms with Crippen molar-refractivity contribution < 1.29 is 14.0 Å². The van der Waals surface area contributed by atoms with E-state index in [4.69, 9.17) is 4.42 Å². The van der Waals surface area contributed by atoms with Crippen LogP contribution in [0.3, 0.4) is 0 Å². The van der Waals surface area contributed by atoms with Gasteiger partial charge in [0.25, 0.3) is 5.56 Å². The summed E-state index contributed by atoms with van der Waals surface area (Å²) < 4.78 is 7.49. The number of carbonyl (C=O) groups excluding carboxylic acids is 2. The Morgan fingerprint density at radius 1 is 0.976 bits per heavy atom. The van der Waals surface area contributed by atoms with Crippen LogP contribution in [0, 0.1) is 26.2 Å². The molecule has 42 heavy (non-hydrogen) atoms. The first-order valence-electron chi connectivity index (χ1n) is 14.4. The van der Waals surface area contributed by atoms with Gasteiger partial charge in [-0.15, -0.1) is 0 Å². The molecule has 220 valence electrons. The second-order valence-electron chi connectivity index (χ2n) is 11.7. The average molecular weight is 570 g/mol. The van der Waals surface area contributed by atoms with Crippen LogP contribution < -0.4 is 15.4 Å². The Hall–Kier alpha value is -4.24. The van der Waals surface area contributed by atoms with E-state index in [0.717, 1.165) is 33.8 Å². The monoisotopic (exact) mass is 569 g/mol. The standard InChI is InChI=1S/C33H39N5O4/c1-8-38-26-12-11-24(18-27(26)35(7)31(40)33(5,6)32(38)41)19-36(20-25-10-9-14-34-22(25)3)16-17-37-15-13-28-29(30(37)39)21(2)23(4)42-28/h9-15,18H,8,16-17,19-20H2,1-7H3. The van der Waals surface area contributed by atoms with Crippen molar-refractivity contribution in [3.8, 4) is 0 Å². The highest BCUT2D eigenvalue weighted by Gasteiger charge is 2.45. The van der Waals surface area contributed by atoms with Crippen LogP contribution in [-0.2, 0) is 29.2 Å². The number of amides is 2. The van der Waals surface area contributed by atoms with E-state index in [9.17, 15) is 14.4 Å². The van der Waals surface area contributed by atoms with Crippen molar-refractivity contribution in [1.82, 2.24) is 14.5 Å². The van der Waals surface area contributed by atoms with E-state index in [-0.39, 0.29) is 17.4 Å². The van der Waals surface area contributed by atoms with Gasteiger partial charge >= 0.3 is 0 Å². The van der Waals surface area contributed by atoms with Crippen LogP contribution in [0.15, 0.2) is 58.0 Å². The van der Waals surface area contributed by atoms with Crippen molar-refractivity contribution >= 4 is 34.2 Å². The van der Waals surface area contributed by atoms with E-state index in [0.29, 0.717) is 49.4 Å². The van der Waals surface area contributed by atoms with Gasteiger partial charge in [0.15, 0.2) is 0 Å². The summed E-state index contributed by atoms with van der Waals surface area (Å²) in [5.74, 6) is 0.323. The maximum absolute atomic E-state index is 13.3. The van der Waals surface area contributed by atoms with Crippen molar-refractivity contribution in [2.45, 2.75) is 61.2 Å². The topological polar surface area (TPSA) is 91.9 Å². The van der Waals surface area contributed by atoms with Gasteiger partial charge in [0.05, 0.1) is 16.8 Å². The fraction of sp³-hybridized carbons (Fsp3) is 0.394. The minimum Gasteiger partial charge on any atom is -0.461 e. The SMILES string of the molecule is CCN1C(=O)C(C)(C)C(=O)N(C)c2cc(CN(CCn3ccc4oc(C)c(C)c4c3=O)Cc3cccnc3C)ccc21. The number of benzene rings is 1. The largest absolute Gasteiger partial charge is 0.461 e. The number of rotatable bonds is 8. The molecule has 0 bridgehead atoms. The fourth-order valence-electron chi connectivity index (χ4n) is 5.77. The highest BCUT2D eigenvalue weighted by molar-refractivity contribution is 6.19. The van der Waals surface area contributed by atoms with Gasteiger partial charge in [-0.3, -0.25) is 24.3 Å². The maximum Gasteiger partial charge on any atom is 0.262 e. The smallest absolute Gasteiger partial charge is 0.262 e. The van der Waals surface area contributed by atoms with E-state index in [1.807, 2.05) is 58.0 Å². The molecule has 9 heteroatoms. The zero-order valence-electron chi connectivity index (χ0n) is 25.5. The lowest BCUT2D eigenvalue weighted by Gasteiger charge is -2.27. The molecule has 2 amide bonds. The normalized spacial score (nSPS) is 15.0. The van der Waals surface area contributed by atoms with E-state index in [1.54, 1.807) is 47.7 Å². The van der Waals surface area contributed by atoms with Crippen molar-refractivity contribution in [2.75, 3.05) is 29.9 Å². The van der Waals surface area contributed by atoms with Crippen LogP contribution in [0.2, 0.25) is 0 Å². The number of aryl methyl sites for hydroxylation is 3. The van der Waals surface area contributed by atoms with Crippen LogP contribution in [0.5, 0.6) is 0 Å². The zero-order valence-corrected chi connectivity index (χ0v) is 25.5. The molecule has 4 aromatic rings. The molecule has 0 fully saturated rings. The van der Waals surface area contributed by atoms with Gasteiger partial charge in [-0.2, -0.15) is 0 Å². The quantitative estimate of drug-likeness (QED) is 0.278. The lowest BCUT2D eigenvalue weighted by molar-refractivity contribution is -0.137. The van der Waals surface area contributed by atoms with Gasteiger partial charge in [0.1, 0.15) is 16.8 Å². The van der Waals surface area contributed by atoms with Gasteiger partial charge < -0.3 is 18.8 Å². The Morgan fingerprint density at radius 2 is 1.74 bits per heavy atom. The van der Waals surface area contributed by atoms with Crippen LogP contribution in [0.1, 0.15) is 48.9 Å². The van der Waals surface area contributed by atoms with E-state index in [1.165, 1.54) is 0 Å². The number of furan rings is 1. The molecular formula is C33H39N5O4. The molecule has 4 heterocycles. The second kappa shape index (κ2) is 11.2. The predicted octanol–water partition coefficient (Wildman–Crippen LogP) is 4.97. The highest BCUT2D eigenvalue weighted by atomic mass is 16.3. The predicted molar refractivity (Wildman–Crippen MR) is 165 cm³/mol. The lowest BCUT2D eigenvalue weighted by Crippen LogP contribution is -2.47. The van der Waals surface area contributed by atoms with Crippen LogP contribution in [0.4, 0.5) is 11.4 Å². The van der Waals surface area contributed by atoms with Gasteiger partial charge in [0.2, 0.25) is 11.8 Å². The van der Waals surface area contributed by atoms with Gasteiger partial charge in [-0.05, 0) is 76.9 Å². The molecule has 1 aromatic carbocycles. The maximum atomic E-state index is 13.3. The number of carbonyl (C=O) groups is 2. The number of fused-ring (bicyclic) bond motifs is 2. The number of hydrogen-bond acceptors (Lipinski definition) is 6. The molecule has 0 atom stereocenters. The van der Waals surface area contributed by atoms with Crippen LogP contribution in [0.25, 0.3) is 11.0 Å². The summed E-state index contributed by atoms with van der Waals surface area (Å²) in [4.78, 5) is 50.0. The van der Waals surface area contributed by atoms with Gasteiger partial charge in [0, 0.05) is 63.4 Å². The summed E-state index contributed by atoms with van der Waals surface area (Å²) in [7, 11) is 1.73. The fourth-order valence-corrected chi connectivity index (χ4v) is 5.77. The lowest BCUT2D eigenvalue weighted by atomic mass is 9.90. The molecule has 1 aliphatic heterocycles. The number of hydrogen-bond donors (Lipinski definition) is 0. The van der Waals surface area contributed by atoms with Gasteiger partial charge in [-0.25, -0.2) is 0 Å². The molecule has 0 saturated carbocycles. The summed E-state index contributed by atoms with van der Waals surface area (Å²) >= 11 is 0. The summed E-state index contributed by atoms with van der Waals surface area (Å²) in [6, 6.07) is 11.8. The van der Waals surface area contributed by atoms with Crippen LogP contribution in [-0.4, -0.2) is 46.4 Å². The number of anilines is 2. The van der Waals surface area contributed by atoms with Crippen molar-refractivity contribution in [3.63, 3.8) is 0 Å². The Labute approximate surface area is 246 Å². The third kappa shape index (κ3) is 5.13. The summed E-state index contributed by atoms with van der Waals surface area (Å²) in [5.41, 5.74) is 4.77. The molecular weight excluding hydrogens is 530 g/mol. The molecule has 1 aliphatic rings. The Balaban J connectivity index is 1.47. The zero-order chi connectivity index (χ0) is 30.3. The molecule has 0 saturated heterocycles. The number of pyridine rings is 2. The van der Waals surface area contributed by atoms with Crippen molar-refractivity contribution in [2.24, 2.45) is 5.41 Å². The van der Waals surface area contributed by atoms with Crippen molar-refractivity contribution in [1.29, 1.82) is 0 Å². The van der Waals surface area contributed by atoms with E-state index >= 15 is 0 Å². The third-order valence-electron chi connectivity index (χ3n) is 8.49. The first-order valence-corrected chi connectivity index (χ1v) is 14.4. The molecule has 0 spiro atoms. The van der Waals surface area contributed by atoms with E-state index in [2.05, 4.69) is 16.0 Å². The first-order chi connectivity index (χ1) is 19.9. The van der Waals surface area contributed by atoms with E-state index < -0.39 is 5.41 Å². The summed E-state index contributed by atoms with van der Waals surface area (Å²) in [6.07, 6.45) is 3.58. The highest BCUT2D eigenvalue weighted by Crippen LogP contribution is 2.39. The molecule has 0 aliphatic carbocycles. The molecule has 0 radical (unpaired) electrons. The summed E-state index contributed by atoms with van der Waals surface area (Å²) in [5, 5.41) is 0.626. The molecule has 9 nitrogen and oxygen atoms in total. The summed E-state index contributed by atoms with van der Waals surface area (Å²) in [6.45, 7) is 13.9. The molecule has 0 unspecified atom stereocenters. The third-order valence-corrected chi connectivity index (χ3v) is 8.49. The van der Waals surface area contributed by atoms with Crippen molar-refractivity contribution in [3.05, 3.63) is 87.3 Å². The van der Waals surface area contributed by atoms with Gasteiger partial charge in [-0.1, -0.05) is 12.1 Å². The number of nitrogens with zero attached hydrogens (tertiary/aromatic N) is 5. The minimum absolute atomic E-state index is 0.0588. The first kappa shape index (κ1) is 29.3. The molecule has 3 aromatic heterocycles. The second-order valence-corrected chi connectivity index (χ2v) is 11.7.